The summed E-state index contributed by atoms with van der Waals surface area (Å²) in [7, 11) is 0. The van der Waals surface area contributed by atoms with Gasteiger partial charge in [0.25, 0.3) is 0 Å². The van der Waals surface area contributed by atoms with Crippen LogP contribution in [0.4, 0.5) is 0 Å². The summed E-state index contributed by atoms with van der Waals surface area (Å²) >= 11 is 0. The number of allylic oxidation sites excluding steroid dienone is 2. The van der Waals surface area contributed by atoms with Crippen LogP contribution < -0.4 is 5.73 Å². The molecule has 3 rings (SSSR count). The molecule has 1 aliphatic rings. The van der Waals surface area contributed by atoms with E-state index >= 15 is 0 Å². The van der Waals surface area contributed by atoms with Crippen molar-refractivity contribution in [1.29, 1.82) is 0 Å². The summed E-state index contributed by atoms with van der Waals surface area (Å²) in [5, 5.41) is 1.25. The average Bonchev–Trinajstić information content (AvgIpc) is 2.76. The molecule has 1 aliphatic heterocycles. The number of benzene rings is 1. The van der Waals surface area contributed by atoms with Crippen LogP contribution in [0.3, 0.4) is 0 Å². The number of hydrogen-bond acceptors (Lipinski definition) is 2. The number of nitrogens with two attached hydrogens (primary N) is 1. The van der Waals surface area contributed by atoms with Gasteiger partial charge >= 0.3 is 0 Å². The SMILES string of the molecule is C=C1CCCn2c(c(CCCC)c3ccc(C(C)=O)cc32)/C1=C/N. The van der Waals surface area contributed by atoms with Crippen LogP contribution in [-0.4, -0.2) is 10.4 Å². The van der Waals surface area contributed by atoms with Gasteiger partial charge in [-0.3, -0.25) is 4.79 Å². The van der Waals surface area contributed by atoms with Crippen LogP contribution in [0.25, 0.3) is 16.5 Å². The zero-order valence-corrected chi connectivity index (χ0v) is 14.7. The van der Waals surface area contributed by atoms with E-state index in [1.165, 1.54) is 16.6 Å². The highest BCUT2D eigenvalue weighted by Gasteiger charge is 2.23. The smallest absolute Gasteiger partial charge is 0.159 e. The average molecular weight is 322 g/mol. The molecule has 0 saturated carbocycles. The van der Waals surface area contributed by atoms with Crippen molar-refractivity contribution in [1.82, 2.24) is 4.57 Å². The molecule has 1 aromatic carbocycles. The minimum Gasteiger partial charge on any atom is -0.404 e. The number of Topliss-reactive ketones (excluding diaryl/α,β-unsaturated/α-hetero) is 1. The summed E-state index contributed by atoms with van der Waals surface area (Å²) in [5.41, 5.74) is 12.6. The van der Waals surface area contributed by atoms with Gasteiger partial charge in [-0.15, -0.1) is 0 Å². The number of nitrogens with zero attached hydrogens (tertiary/aromatic N) is 1. The summed E-state index contributed by atoms with van der Waals surface area (Å²) in [6.07, 6.45) is 7.04. The molecule has 2 heterocycles. The monoisotopic (exact) mass is 322 g/mol. The van der Waals surface area contributed by atoms with E-state index in [1.54, 1.807) is 13.1 Å². The molecule has 0 radical (unpaired) electrons. The predicted octanol–water partition coefficient (Wildman–Crippen LogP) is 4.84. The maximum Gasteiger partial charge on any atom is 0.159 e. The Labute approximate surface area is 143 Å². The molecule has 3 nitrogen and oxygen atoms in total. The number of hydrogen-bond donors (Lipinski definition) is 1. The quantitative estimate of drug-likeness (QED) is 0.819. The van der Waals surface area contributed by atoms with Crippen LogP contribution in [0.5, 0.6) is 0 Å². The zero-order chi connectivity index (χ0) is 17.3. The highest BCUT2D eigenvalue weighted by molar-refractivity contribution is 6.00. The molecule has 0 unspecified atom stereocenters. The number of aryl methyl sites for hydroxylation is 2. The standard InChI is InChI=1S/C21H26N2O/c1-4-5-8-18-17-10-9-16(15(3)24)12-20(17)23-11-6-7-14(2)19(13-22)21(18)23/h9-10,12-13H,2,4-8,11,22H2,1,3H3/b19-13+. The summed E-state index contributed by atoms with van der Waals surface area (Å²) < 4.78 is 2.35. The molecule has 24 heavy (non-hydrogen) atoms. The van der Waals surface area contributed by atoms with Gasteiger partial charge in [-0.05, 0) is 49.8 Å². The second-order valence-corrected chi connectivity index (χ2v) is 6.66. The fourth-order valence-electron chi connectivity index (χ4n) is 3.74. The van der Waals surface area contributed by atoms with Crippen molar-refractivity contribution in [2.45, 2.75) is 52.5 Å². The Morgan fingerprint density at radius 1 is 1.42 bits per heavy atom. The van der Waals surface area contributed by atoms with Crippen molar-refractivity contribution in [3.63, 3.8) is 0 Å². The van der Waals surface area contributed by atoms with Gasteiger partial charge in [0.1, 0.15) is 0 Å². The lowest BCUT2D eigenvalue weighted by atomic mass is 9.95. The number of unbranched alkanes of at least 4 members (excludes halogenated alkanes) is 1. The second kappa shape index (κ2) is 6.68. The lowest BCUT2D eigenvalue weighted by molar-refractivity contribution is 0.101. The molecule has 0 spiro atoms. The summed E-state index contributed by atoms with van der Waals surface area (Å²) in [6.45, 7) is 9.02. The first-order chi connectivity index (χ1) is 11.6. The van der Waals surface area contributed by atoms with Gasteiger partial charge in [0.2, 0.25) is 0 Å². The van der Waals surface area contributed by atoms with E-state index in [9.17, 15) is 4.79 Å². The first-order valence-corrected chi connectivity index (χ1v) is 8.85. The normalized spacial score (nSPS) is 16.4. The van der Waals surface area contributed by atoms with Crippen LogP contribution in [0.1, 0.15) is 61.1 Å². The number of fused-ring (bicyclic) bond motifs is 3. The van der Waals surface area contributed by atoms with Gasteiger partial charge in [-0.2, -0.15) is 0 Å². The van der Waals surface area contributed by atoms with E-state index in [1.807, 2.05) is 12.1 Å². The molecule has 1 aromatic heterocycles. The third-order valence-electron chi connectivity index (χ3n) is 5.02. The molecular formula is C21H26N2O. The Kier molecular flexibility index (Phi) is 4.61. The summed E-state index contributed by atoms with van der Waals surface area (Å²) in [4.78, 5) is 11.8. The highest BCUT2D eigenvalue weighted by Crippen LogP contribution is 2.38. The van der Waals surface area contributed by atoms with Gasteiger partial charge in [0, 0.05) is 34.8 Å². The van der Waals surface area contributed by atoms with Crippen molar-refractivity contribution in [2.75, 3.05) is 0 Å². The van der Waals surface area contributed by atoms with E-state index in [4.69, 9.17) is 5.73 Å². The summed E-state index contributed by atoms with van der Waals surface area (Å²) in [5.74, 6) is 0.107. The number of aromatic nitrogens is 1. The van der Waals surface area contributed by atoms with Gasteiger partial charge in [0.05, 0.1) is 5.69 Å². The van der Waals surface area contributed by atoms with Gasteiger partial charge in [0.15, 0.2) is 5.78 Å². The second-order valence-electron chi connectivity index (χ2n) is 6.66. The number of rotatable bonds is 4. The molecular weight excluding hydrogens is 296 g/mol. The first-order valence-electron chi connectivity index (χ1n) is 8.85. The third kappa shape index (κ3) is 2.68. The van der Waals surface area contributed by atoms with Crippen LogP contribution in [0.2, 0.25) is 0 Å². The fraction of sp³-hybridized carbons (Fsp3) is 0.381. The Morgan fingerprint density at radius 2 is 2.21 bits per heavy atom. The molecule has 0 bridgehead atoms. The Bertz CT molecular complexity index is 839. The molecule has 2 N–H and O–H groups in total. The van der Waals surface area contributed by atoms with Crippen LogP contribution in [-0.2, 0) is 13.0 Å². The molecule has 126 valence electrons. The largest absolute Gasteiger partial charge is 0.404 e. The van der Waals surface area contributed by atoms with E-state index in [-0.39, 0.29) is 5.78 Å². The Morgan fingerprint density at radius 3 is 2.88 bits per heavy atom. The van der Waals surface area contributed by atoms with Crippen LogP contribution in [0.15, 0.2) is 36.6 Å². The van der Waals surface area contributed by atoms with Crippen molar-refractivity contribution in [3.8, 4) is 0 Å². The van der Waals surface area contributed by atoms with Crippen molar-refractivity contribution in [3.05, 3.63) is 53.4 Å². The molecule has 0 atom stereocenters. The number of ketones is 1. The van der Waals surface area contributed by atoms with Gasteiger partial charge < -0.3 is 10.3 Å². The lowest BCUT2D eigenvalue weighted by Crippen LogP contribution is -2.03. The molecule has 0 amide bonds. The topological polar surface area (TPSA) is 48.0 Å². The zero-order valence-electron chi connectivity index (χ0n) is 14.7. The maximum absolute atomic E-state index is 11.8. The van der Waals surface area contributed by atoms with Crippen LogP contribution >= 0.6 is 0 Å². The molecule has 2 aromatic rings. The minimum atomic E-state index is 0.107. The minimum absolute atomic E-state index is 0.107. The molecule has 0 saturated heterocycles. The maximum atomic E-state index is 11.8. The summed E-state index contributed by atoms with van der Waals surface area (Å²) in [6, 6.07) is 6.09. The van der Waals surface area contributed by atoms with E-state index < -0.39 is 0 Å². The fourth-order valence-corrected chi connectivity index (χ4v) is 3.74. The first kappa shape index (κ1) is 16.6. The highest BCUT2D eigenvalue weighted by atomic mass is 16.1. The third-order valence-corrected chi connectivity index (χ3v) is 5.02. The lowest BCUT2D eigenvalue weighted by Gasteiger charge is -2.11. The Balaban J connectivity index is 2.33. The predicted molar refractivity (Wildman–Crippen MR) is 101 cm³/mol. The van der Waals surface area contributed by atoms with E-state index in [0.717, 1.165) is 60.9 Å². The van der Waals surface area contributed by atoms with Gasteiger partial charge in [-0.25, -0.2) is 0 Å². The molecule has 0 fully saturated rings. The van der Waals surface area contributed by atoms with Crippen molar-refractivity contribution < 1.29 is 4.79 Å². The number of carbonyl (C=O) groups excluding carboxylic acids is 1. The van der Waals surface area contributed by atoms with E-state index in [0.29, 0.717) is 0 Å². The van der Waals surface area contributed by atoms with Crippen molar-refractivity contribution in [2.24, 2.45) is 5.73 Å². The van der Waals surface area contributed by atoms with Crippen molar-refractivity contribution >= 4 is 22.3 Å². The van der Waals surface area contributed by atoms with Crippen LogP contribution in [0, 0.1) is 0 Å². The molecule has 3 heteroatoms. The van der Waals surface area contributed by atoms with E-state index in [2.05, 4.69) is 24.1 Å². The van der Waals surface area contributed by atoms with Gasteiger partial charge in [-0.1, -0.05) is 32.1 Å². The molecule has 0 aliphatic carbocycles. The Hall–Kier alpha value is -2.29. The number of carbonyl (C=O) groups is 1.